The van der Waals surface area contributed by atoms with Crippen molar-refractivity contribution in [2.45, 2.75) is 13.8 Å². The van der Waals surface area contributed by atoms with E-state index in [1.807, 2.05) is 32.2 Å². The standard InChI is InChI=1S/C10H10ClN3/c1-6-7(2)10(11)14-13-9(6)8-4-3-5-12-8/h3-5,12H,1-2H3. The summed E-state index contributed by atoms with van der Waals surface area (Å²) in [5.41, 5.74) is 3.87. The Hall–Kier alpha value is -1.35. The molecule has 0 amide bonds. The maximum atomic E-state index is 5.86. The average molecular weight is 208 g/mol. The highest BCUT2D eigenvalue weighted by Crippen LogP contribution is 2.24. The number of hydrogen-bond donors (Lipinski definition) is 1. The molecule has 0 bridgehead atoms. The Morgan fingerprint density at radius 1 is 1.21 bits per heavy atom. The van der Waals surface area contributed by atoms with Crippen molar-refractivity contribution in [2.75, 3.05) is 0 Å². The van der Waals surface area contributed by atoms with Crippen molar-refractivity contribution in [1.82, 2.24) is 15.2 Å². The van der Waals surface area contributed by atoms with Crippen LogP contribution in [0.1, 0.15) is 11.1 Å². The van der Waals surface area contributed by atoms with Gasteiger partial charge in [-0.15, -0.1) is 10.2 Å². The summed E-state index contributed by atoms with van der Waals surface area (Å²) in [4.78, 5) is 3.10. The van der Waals surface area contributed by atoms with E-state index in [0.29, 0.717) is 5.15 Å². The number of rotatable bonds is 1. The van der Waals surface area contributed by atoms with Crippen LogP contribution in [0.25, 0.3) is 11.4 Å². The second-order valence-corrected chi connectivity index (χ2v) is 3.53. The van der Waals surface area contributed by atoms with Crippen molar-refractivity contribution in [3.05, 3.63) is 34.6 Å². The molecule has 0 fully saturated rings. The Balaban J connectivity index is 2.61. The maximum Gasteiger partial charge on any atom is 0.154 e. The maximum absolute atomic E-state index is 5.86. The quantitative estimate of drug-likeness (QED) is 0.781. The van der Waals surface area contributed by atoms with E-state index in [-0.39, 0.29) is 0 Å². The number of nitrogens with one attached hydrogen (secondary N) is 1. The third-order valence-electron chi connectivity index (χ3n) is 2.32. The molecule has 0 aliphatic carbocycles. The Kier molecular flexibility index (Phi) is 2.25. The molecule has 2 aromatic heterocycles. The monoisotopic (exact) mass is 207 g/mol. The molecule has 0 aromatic carbocycles. The average Bonchev–Trinajstić information content (AvgIpc) is 2.67. The molecule has 0 atom stereocenters. The lowest BCUT2D eigenvalue weighted by Crippen LogP contribution is -1.96. The molecule has 14 heavy (non-hydrogen) atoms. The first-order chi connectivity index (χ1) is 6.70. The fraction of sp³-hybridized carbons (Fsp3) is 0.200. The summed E-state index contributed by atoms with van der Waals surface area (Å²) < 4.78 is 0. The molecule has 2 aromatic rings. The van der Waals surface area contributed by atoms with E-state index in [1.54, 1.807) is 0 Å². The third-order valence-corrected chi connectivity index (χ3v) is 2.68. The molecule has 0 saturated carbocycles. The zero-order valence-corrected chi connectivity index (χ0v) is 8.76. The van der Waals surface area contributed by atoms with E-state index in [4.69, 9.17) is 11.6 Å². The summed E-state index contributed by atoms with van der Waals surface area (Å²) in [5, 5.41) is 8.43. The molecule has 0 saturated heterocycles. The number of aromatic amines is 1. The molecule has 0 spiro atoms. The molecule has 4 heteroatoms. The summed E-state index contributed by atoms with van der Waals surface area (Å²) >= 11 is 5.86. The molecule has 0 radical (unpaired) electrons. The van der Waals surface area contributed by atoms with E-state index >= 15 is 0 Å². The van der Waals surface area contributed by atoms with Crippen LogP contribution in [0.3, 0.4) is 0 Å². The van der Waals surface area contributed by atoms with Gasteiger partial charge in [0.15, 0.2) is 5.15 Å². The van der Waals surface area contributed by atoms with E-state index in [0.717, 1.165) is 22.5 Å². The predicted molar refractivity (Wildman–Crippen MR) is 56.3 cm³/mol. The molecule has 0 aliphatic heterocycles. The largest absolute Gasteiger partial charge is 0.360 e. The fourth-order valence-electron chi connectivity index (χ4n) is 1.31. The van der Waals surface area contributed by atoms with Gasteiger partial charge in [0.05, 0.1) is 5.69 Å². The topological polar surface area (TPSA) is 41.6 Å². The smallest absolute Gasteiger partial charge is 0.154 e. The van der Waals surface area contributed by atoms with E-state index < -0.39 is 0 Å². The second-order valence-electron chi connectivity index (χ2n) is 3.17. The Bertz CT molecular complexity index is 449. The fourth-order valence-corrected chi connectivity index (χ4v) is 1.49. The molecule has 0 aliphatic rings. The first kappa shape index (κ1) is 9.21. The van der Waals surface area contributed by atoms with Gasteiger partial charge in [-0.05, 0) is 37.1 Å². The molecule has 0 unspecified atom stereocenters. The Labute approximate surface area is 87.1 Å². The normalized spacial score (nSPS) is 10.5. The van der Waals surface area contributed by atoms with Crippen LogP contribution in [0, 0.1) is 13.8 Å². The minimum atomic E-state index is 0.470. The number of hydrogen-bond acceptors (Lipinski definition) is 2. The zero-order valence-electron chi connectivity index (χ0n) is 8.00. The molecule has 1 N–H and O–H groups in total. The number of nitrogens with zero attached hydrogens (tertiary/aromatic N) is 2. The zero-order chi connectivity index (χ0) is 10.1. The van der Waals surface area contributed by atoms with Crippen molar-refractivity contribution in [3.63, 3.8) is 0 Å². The second kappa shape index (κ2) is 3.42. The van der Waals surface area contributed by atoms with Gasteiger partial charge in [-0.2, -0.15) is 0 Å². The van der Waals surface area contributed by atoms with Crippen LogP contribution in [0.4, 0.5) is 0 Å². The lowest BCUT2D eigenvalue weighted by Gasteiger charge is -2.05. The van der Waals surface area contributed by atoms with Gasteiger partial charge < -0.3 is 4.98 Å². The minimum absolute atomic E-state index is 0.470. The van der Waals surface area contributed by atoms with Gasteiger partial charge in [-0.3, -0.25) is 0 Å². The lowest BCUT2D eigenvalue weighted by atomic mass is 10.1. The van der Waals surface area contributed by atoms with Gasteiger partial charge in [0.2, 0.25) is 0 Å². The van der Waals surface area contributed by atoms with E-state index in [2.05, 4.69) is 15.2 Å². The van der Waals surface area contributed by atoms with Gasteiger partial charge in [-0.25, -0.2) is 0 Å². The van der Waals surface area contributed by atoms with Crippen molar-refractivity contribution < 1.29 is 0 Å². The first-order valence-corrected chi connectivity index (χ1v) is 4.71. The Morgan fingerprint density at radius 3 is 2.64 bits per heavy atom. The molecule has 2 heterocycles. The number of H-pyrrole nitrogens is 1. The highest BCUT2D eigenvalue weighted by Gasteiger charge is 2.09. The van der Waals surface area contributed by atoms with Gasteiger partial charge in [0.1, 0.15) is 5.69 Å². The molecular weight excluding hydrogens is 198 g/mol. The van der Waals surface area contributed by atoms with Gasteiger partial charge >= 0.3 is 0 Å². The van der Waals surface area contributed by atoms with Crippen LogP contribution in [0.2, 0.25) is 5.15 Å². The van der Waals surface area contributed by atoms with Crippen LogP contribution >= 0.6 is 11.6 Å². The SMILES string of the molecule is Cc1c(Cl)nnc(-c2ccc[nH]2)c1C. The van der Waals surface area contributed by atoms with Crippen molar-refractivity contribution in [3.8, 4) is 11.4 Å². The summed E-state index contributed by atoms with van der Waals surface area (Å²) in [7, 11) is 0. The Morgan fingerprint density at radius 2 is 2.00 bits per heavy atom. The minimum Gasteiger partial charge on any atom is -0.360 e. The highest BCUT2D eigenvalue weighted by molar-refractivity contribution is 6.30. The van der Waals surface area contributed by atoms with Crippen LogP contribution < -0.4 is 0 Å². The summed E-state index contributed by atoms with van der Waals surface area (Å²) in [5.74, 6) is 0. The van der Waals surface area contributed by atoms with Crippen molar-refractivity contribution >= 4 is 11.6 Å². The summed E-state index contributed by atoms with van der Waals surface area (Å²) in [6.45, 7) is 3.94. The van der Waals surface area contributed by atoms with Gasteiger partial charge in [0.25, 0.3) is 0 Å². The molecule has 72 valence electrons. The number of halogens is 1. The predicted octanol–water partition coefficient (Wildman–Crippen LogP) is 2.74. The van der Waals surface area contributed by atoms with E-state index in [9.17, 15) is 0 Å². The molecule has 2 rings (SSSR count). The van der Waals surface area contributed by atoms with Crippen LogP contribution in [-0.4, -0.2) is 15.2 Å². The third kappa shape index (κ3) is 1.40. The van der Waals surface area contributed by atoms with Crippen LogP contribution in [0.5, 0.6) is 0 Å². The highest BCUT2D eigenvalue weighted by atomic mass is 35.5. The van der Waals surface area contributed by atoms with Gasteiger partial charge in [0, 0.05) is 6.20 Å². The van der Waals surface area contributed by atoms with Crippen LogP contribution in [-0.2, 0) is 0 Å². The molecular formula is C10H10ClN3. The first-order valence-electron chi connectivity index (χ1n) is 4.33. The van der Waals surface area contributed by atoms with E-state index in [1.165, 1.54) is 0 Å². The lowest BCUT2D eigenvalue weighted by molar-refractivity contribution is 0.998. The molecule has 3 nitrogen and oxygen atoms in total. The number of aromatic nitrogens is 3. The summed E-state index contributed by atoms with van der Waals surface area (Å²) in [6.07, 6.45) is 1.86. The van der Waals surface area contributed by atoms with Gasteiger partial charge in [-0.1, -0.05) is 11.6 Å². The summed E-state index contributed by atoms with van der Waals surface area (Å²) in [6, 6.07) is 3.89. The van der Waals surface area contributed by atoms with Crippen molar-refractivity contribution in [1.29, 1.82) is 0 Å². The van der Waals surface area contributed by atoms with Crippen LogP contribution in [0.15, 0.2) is 18.3 Å². The van der Waals surface area contributed by atoms with Crippen molar-refractivity contribution in [2.24, 2.45) is 0 Å².